The number of rotatable bonds is 3. The number of anilines is 2. The lowest BCUT2D eigenvalue weighted by Crippen LogP contribution is -2.34. The molecule has 1 aliphatic heterocycles. The second kappa shape index (κ2) is 5.96. The summed E-state index contributed by atoms with van der Waals surface area (Å²) in [5.41, 5.74) is 15.3. The summed E-state index contributed by atoms with van der Waals surface area (Å²) in [5, 5.41) is 25.5. The van der Waals surface area contributed by atoms with E-state index < -0.39 is 0 Å². The van der Waals surface area contributed by atoms with Crippen LogP contribution in [0.1, 0.15) is 6.42 Å². The van der Waals surface area contributed by atoms with Crippen molar-refractivity contribution in [2.24, 2.45) is 5.73 Å². The number of hydrogen-bond donors (Lipinski definition) is 4. The quantitative estimate of drug-likeness (QED) is 0.637. The van der Waals surface area contributed by atoms with E-state index in [1.165, 1.54) is 6.21 Å². The standard InChI is InChI=1S/C16H18N6O/c17-8-10-9-22(6-5-12(10)18)14-7-13(20-21-16(14)19)11-3-1-2-4-15(11)23/h1-4,7-8,17,23H,5-6,9,18H2,(H2,19,21). The van der Waals surface area contributed by atoms with Gasteiger partial charge in [0.25, 0.3) is 0 Å². The highest BCUT2D eigenvalue weighted by Crippen LogP contribution is 2.32. The number of nitrogens with two attached hydrogens (primary N) is 2. The Morgan fingerprint density at radius 1 is 1.22 bits per heavy atom. The lowest BCUT2D eigenvalue weighted by molar-refractivity contribution is 0.477. The number of benzene rings is 1. The predicted octanol–water partition coefficient (Wildman–Crippen LogP) is 1.50. The highest BCUT2D eigenvalue weighted by atomic mass is 16.3. The minimum absolute atomic E-state index is 0.139. The van der Waals surface area contributed by atoms with Gasteiger partial charge in [-0.1, -0.05) is 12.1 Å². The highest BCUT2D eigenvalue weighted by Gasteiger charge is 2.20. The van der Waals surface area contributed by atoms with Gasteiger partial charge in [-0.2, -0.15) is 0 Å². The Morgan fingerprint density at radius 2 is 2.00 bits per heavy atom. The molecule has 0 saturated heterocycles. The summed E-state index contributed by atoms with van der Waals surface area (Å²) in [6, 6.07) is 8.75. The average Bonchev–Trinajstić information content (AvgIpc) is 2.57. The van der Waals surface area contributed by atoms with Crippen LogP contribution in [0.2, 0.25) is 0 Å². The molecule has 0 saturated carbocycles. The van der Waals surface area contributed by atoms with Crippen LogP contribution in [0.5, 0.6) is 5.75 Å². The van der Waals surface area contributed by atoms with Crippen LogP contribution in [0.3, 0.4) is 0 Å². The van der Waals surface area contributed by atoms with Gasteiger partial charge in [0.2, 0.25) is 0 Å². The molecule has 0 aliphatic carbocycles. The molecule has 7 nitrogen and oxygen atoms in total. The van der Waals surface area contributed by atoms with Gasteiger partial charge >= 0.3 is 0 Å². The van der Waals surface area contributed by atoms with Crippen molar-refractivity contribution >= 4 is 17.7 Å². The van der Waals surface area contributed by atoms with Crippen molar-refractivity contribution in [1.82, 2.24) is 10.2 Å². The number of nitrogens with one attached hydrogen (secondary N) is 1. The Kier molecular flexibility index (Phi) is 3.84. The van der Waals surface area contributed by atoms with Gasteiger partial charge in [-0.3, -0.25) is 0 Å². The lowest BCUT2D eigenvalue weighted by Gasteiger charge is -2.30. The van der Waals surface area contributed by atoms with E-state index in [-0.39, 0.29) is 5.75 Å². The number of hydrogen-bond acceptors (Lipinski definition) is 7. The van der Waals surface area contributed by atoms with Crippen molar-refractivity contribution in [1.29, 1.82) is 5.41 Å². The van der Waals surface area contributed by atoms with Gasteiger partial charge in [0.05, 0.1) is 11.4 Å². The molecule has 1 aliphatic rings. The van der Waals surface area contributed by atoms with Gasteiger partial charge in [0.1, 0.15) is 5.75 Å². The van der Waals surface area contributed by atoms with Crippen LogP contribution < -0.4 is 16.4 Å². The molecule has 0 amide bonds. The van der Waals surface area contributed by atoms with Gasteiger partial charge in [-0.25, -0.2) is 0 Å². The molecule has 7 heteroatoms. The number of nitrogens with zero attached hydrogens (tertiary/aromatic N) is 3. The monoisotopic (exact) mass is 310 g/mol. The first-order valence-corrected chi connectivity index (χ1v) is 7.24. The fraction of sp³-hybridized carbons (Fsp3) is 0.188. The summed E-state index contributed by atoms with van der Waals surface area (Å²) >= 11 is 0. The minimum atomic E-state index is 0.139. The summed E-state index contributed by atoms with van der Waals surface area (Å²) < 4.78 is 0. The molecular formula is C16H18N6O. The molecule has 2 aromatic rings. The molecule has 23 heavy (non-hydrogen) atoms. The van der Waals surface area contributed by atoms with E-state index in [2.05, 4.69) is 10.2 Å². The number of aromatic nitrogens is 2. The predicted molar refractivity (Wildman–Crippen MR) is 90.4 cm³/mol. The van der Waals surface area contributed by atoms with E-state index >= 15 is 0 Å². The van der Waals surface area contributed by atoms with Crippen molar-refractivity contribution < 1.29 is 5.11 Å². The normalized spacial score (nSPS) is 14.9. The fourth-order valence-corrected chi connectivity index (χ4v) is 2.61. The summed E-state index contributed by atoms with van der Waals surface area (Å²) in [4.78, 5) is 2.02. The van der Waals surface area contributed by atoms with Crippen LogP contribution in [-0.2, 0) is 0 Å². The van der Waals surface area contributed by atoms with Gasteiger partial charge in [0.15, 0.2) is 5.82 Å². The molecule has 118 valence electrons. The van der Waals surface area contributed by atoms with E-state index in [0.29, 0.717) is 36.6 Å². The molecule has 1 aromatic heterocycles. The second-order valence-corrected chi connectivity index (χ2v) is 5.38. The number of phenols is 1. The van der Waals surface area contributed by atoms with E-state index in [4.69, 9.17) is 16.9 Å². The smallest absolute Gasteiger partial charge is 0.169 e. The summed E-state index contributed by atoms with van der Waals surface area (Å²) in [6.07, 6.45) is 1.94. The Balaban J connectivity index is 1.99. The Morgan fingerprint density at radius 3 is 2.74 bits per heavy atom. The number of nitrogen functional groups attached to an aromatic ring is 1. The first-order chi connectivity index (χ1) is 11.1. The maximum atomic E-state index is 9.98. The van der Waals surface area contributed by atoms with Crippen LogP contribution in [0.4, 0.5) is 11.5 Å². The van der Waals surface area contributed by atoms with Crippen molar-refractivity contribution in [2.45, 2.75) is 6.42 Å². The van der Waals surface area contributed by atoms with Crippen LogP contribution in [-0.4, -0.2) is 34.6 Å². The zero-order chi connectivity index (χ0) is 16.4. The lowest BCUT2D eigenvalue weighted by atomic mass is 10.1. The van der Waals surface area contributed by atoms with Gasteiger partial charge in [-0.05, 0) is 18.2 Å². The first-order valence-electron chi connectivity index (χ1n) is 7.24. The molecule has 6 N–H and O–H groups in total. The van der Waals surface area contributed by atoms with Crippen molar-refractivity contribution in [3.63, 3.8) is 0 Å². The summed E-state index contributed by atoms with van der Waals surface area (Å²) in [6.45, 7) is 1.20. The molecule has 3 rings (SSSR count). The summed E-state index contributed by atoms with van der Waals surface area (Å²) in [5.74, 6) is 0.453. The molecule has 0 atom stereocenters. The topological polar surface area (TPSA) is 125 Å². The average molecular weight is 310 g/mol. The first kappa shape index (κ1) is 14.8. The number of phenolic OH excluding ortho intramolecular Hbond substituents is 1. The van der Waals surface area contributed by atoms with E-state index in [0.717, 1.165) is 17.0 Å². The molecule has 2 heterocycles. The van der Waals surface area contributed by atoms with Crippen LogP contribution >= 0.6 is 0 Å². The maximum Gasteiger partial charge on any atom is 0.169 e. The third kappa shape index (κ3) is 2.80. The van der Waals surface area contributed by atoms with Gasteiger partial charge in [-0.15, -0.1) is 10.2 Å². The third-order valence-electron chi connectivity index (χ3n) is 3.92. The summed E-state index contributed by atoms with van der Waals surface area (Å²) in [7, 11) is 0. The number of para-hydroxylation sites is 1. The van der Waals surface area contributed by atoms with E-state index in [1.807, 2.05) is 11.0 Å². The maximum absolute atomic E-state index is 9.98. The van der Waals surface area contributed by atoms with Crippen molar-refractivity contribution in [3.8, 4) is 17.0 Å². The molecule has 0 spiro atoms. The molecule has 0 fully saturated rings. The Bertz CT molecular complexity index is 786. The van der Waals surface area contributed by atoms with Crippen LogP contribution in [0.25, 0.3) is 11.3 Å². The van der Waals surface area contributed by atoms with Crippen LogP contribution in [0, 0.1) is 5.41 Å². The molecular weight excluding hydrogens is 292 g/mol. The van der Waals surface area contributed by atoms with E-state index in [9.17, 15) is 5.11 Å². The fourth-order valence-electron chi connectivity index (χ4n) is 2.61. The van der Waals surface area contributed by atoms with Crippen molar-refractivity contribution in [3.05, 3.63) is 41.6 Å². The van der Waals surface area contributed by atoms with Gasteiger partial charge < -0.3 is 26.9 Å². The zero-order valence-corrected chi connectivity index (χ0v) is 12.5. The Labute approximate surface area is 133 Å². The van der Waals surface area contributed by atoms with E-state index in [1.54, 1.807) is 24.3 Å². The van der Waals surface area contributed by atoms with Gasteiger partial charge in [0, 0.05) is 42.6 Å². The molecule has 0 bridgehead atoms. The molecule has 0 radical (unpaired) electrons. The Hall–Kier alpha value is -3.09. The molecule has 1 aromatic carbocycles. The van der Waals surface area contributed by atoms with Crippen LogP contribution in [0.15, 0.2) is 41.6 Å². The SMILES string of the molecule is N=CC1=C(N)CCN(c2cc(-c3ccccc3O)nnc2N)C1. The van der Waals surface area contributed by atoms with Crippen molar-refractivity contribution in [2.75, 3.05) is 23.7 Å². The largest absolute Gasteiger partial charge is 0.507 e. The third-order valence-corrected chi connectivity index (χ3v) is 3.92. The minimum Gasteiger partial charge on any atom is -0.507 e. The molecule has 0 unspecified atom stereocenters. The second-order valence-electron chi connectivity index (χ2n) is 5.38. The number of aromatic hydroxyl groups is 1. The highest BCUT2D eigenvalue weighted by molar-refractivity contribution is 5.81. The zero-order valence-electron chi connectivity index (χ0n) is 12.5.